The van der Waals surface area contributed by atoms with Crippen LogP contribution in [-0.4, -0.2) is 47.8 Å². The highest BCUT2D eigenvalue weighted by molar-refractivity contribution is 6.30. The monoisotopic (exact) mass is 430 g/mol. The Morgan fingerprint density at radius 1 is 1.37 bits per heavy atom. The van der Waals surface area contributed by atoms with Gasteiger partial charge >= 0.3 is 0 Å². The first-order chi connectivity index (χ1) is 14.5. The Balaban J connectivity index is 1.48. The van der Waals surface area contributed by atoms with Gasteiger partial charge in [-0.25, -0.2) is 15.4 Å². The van der Waals surface area contributed by atoms with Crippen molar-refractivity contribution in [3.63, 3.8) is 0 Å². The van der Waals surface area contributed by atoms with E-state index in [1.165, 1.54) is 18.0 Å². The molecule has 1 saturated heterocycles. The summed E-state index contributed by atoms with van der Waals surface area (Å²) in [7, 11) is 1.96. The van der Waals surface area contributed by atoms with Gasteiger partial charge in [0.1, 0.15) is 0 Å². The van der Waals surface area contributed by atoms with Crippen LogP contribution >= 0.6 is 11.6 Å². The summed E-state index contributed by atoms with van der Waals surface area (Å²) in [4.78, 5) is 23.9. The predicted octanol–water partition coefficient (Wildman–Crippen LogP) is 2.83. The minimum Gasteiger partial charge on any atom is -0.351 e. The lowest BCUT2D eigenvalue weighted by Crippen LogP contribution is -2.38. The van der Waals surface area contributed by atoms with Crippen LogP contribution in [0.1, 0.15) is 28.8 Å². The maximum Gasteiger partial charge on any atom is 0.277 e. The first-order valence-corrected chi connectivity index (χ1v) is 10.3. The molecule has 0 saturated carbocycles. The second kappa shape index (κ2) is 10.4. The lowest BCUT2D eigenvalue weighted by molar-refractivity contribution is 0.0705. The number of piperidine rings is 1. The quantitative estimate of drug-likeness (QED) is 0.438. The highest BCUT2D eigenvalue weighted by Gasteiger charge is 2.21. The molecular weight excluding hydrogens is 404 g/mol. The fourth-order valence-electron chi connectivity index (χ4n) is 3.53. The summed E-state index contributed by atoms with van der Waals surface area (Å²) in [5, 5.41) is 12.9. The van der Waals surface area contributed by atoms with Crippen LogP contribution in [-0.2, 0) is 6.54 Å². The number of carbonyl (C=O) groups excluding carboxylic acids is 1. The zero-order valence-corrected chi connectivity index (χ0v) is 17.8. The van der Waals surface area contributed by atoms with E-state index in [-0.39, 0.29) is 5.56 Å². The Kier molecular flexibility index (Phi) is 7.62. The van der Waals surface area contributed by atoms with Crippen molar-refractivity contribution < 1.29 is 10.0 Å². The Morgan fingerprint density at radius 3 is 2.70 bits per heavy atom. The van der Waals surface area contributed by atoms with E-state index in [0.29, 0.717) is 16.9 Å². The average molecular weight is 431 g/mol. The maximum atomic E-state index is 11.4. The minimum atomic E-state index is -0.616. The summed E-state index contributed by atoms with van der Waals surface area (Å²) in [5.74, 6) is 0.567. The van der Waals surface area contributed by atoms with Crippen molar-refractivity contribution in [3.05, 3.63) is 59.5 Å². The third-order valence-electron chi connectivity index (χ3n) is 5.35. The number of hydrogen-bond acceptors (Lipinski definition) is 7. The molecule has 2 heterocycles. The molecule has 160 valence electrons. The number of nitrogens with one attached hydrogen (secondary N) is 2. The molecule has 0 atom stereocenters. The van der Waals surface area contributed by atoms with Gasteiger partial charge < -0.3 is 15.1 Å². The fourth-order valence-corrected chi connectivity index (χ4v) is 3.69. The smallest absolute Gasteiger partial charge is 0.277 e. The molecule has 8 nitrogen and oxygen atoms in total. The van der Waals surface area contributed by atoms with Crippen molar-refractivity contribution in [3.8, 4) is 0 Å². The van der Waals surface area contributed by atoms with E-state index in [2.05, 4.69) is 26.8 Å². The summed E-state index contributed by atoms with van der Waals surface area (Å²) in [5.41, 5.74) is 4.04. The topological polar surface area (TPSA) is 93.6 Å². The molecule has 0 aliphatic carbocycles. The molecule has 1 aliphatic rings. The second-order valence-corrected chi connectivity index (χ2v) is 7.78. The highest BCUT2D eigenvalue weighted by Crippen LogP contribution is 2.25. The van der Waals surface area contributed by atoms with Gasteiger partial charge in [0.25, 0.3) is 5.91 Å². The number of benzene rings is 1. The summed E-state index contributed by atoms with van der Waals surface area (Å²) >= 11 is 6.14. The molecule has 1 aliphatic heterocycles. The predicted molar refractivity (Wildman–Crippen MR) is 118 cm³/mol. The molecule has 9 heteroatoms. The first kappa shape index (κ1) is 22.0. The van der Waals surface area contributed by atoms with Crippen molar-refractivity contribution in [2.24, 2.45) is 5.92 Å². The van der Waals surface area contributed by atoms with Gasteiger partial charge in [-0.05, 0) is 49.2 Å². The minimum absolute atomic E-state index is 0.226. The van der Waals surface area contributed by atoms with Gasteiger partial charge in [0, 0.05) is 49.8 Å². The Bertz CT molecular complexity index is 868. The third kappa shape index (κ3) is 5.47. The molecule has 2 aromatic rings. The van der Waals surface area contributed by atoms with Gasteiger partial charge in [0.15, 0.2) is 0 Å². The molecule has 0 bridgehead atoms. The second-order valence-electron chi connectivity index (χ2n) is 7.34. The molecule has 3 N–H and O–H groups in total. The van der Waals surface area contributed by atoms with Crippen LogP contribution in [0.3, 0.4) is 0 Å². The van der Waals surface area contributed by atoms with Crippen LogP contribution in [0.5, 0.6) is 0 Å². The molecule has 0 radical (unpaired) electrons. The molecule has 1 aromatic carbocycles. The molecular formula is C21H27ClN6O2. The number of carbonyl (C=O) groups is 1. The summed E-state index contributed by atoms with van der Waals surface area (Å²) in [6, 6.07) is 5.91. The largest absolute Gasteiger partial charge is 0.351 e. The van der Waals surface area contributed by atoms with Gasteiger partial charge in [-0.2, -0.15) is 0 Å². The number of rotatable bonds is 8. The van der Waals surface area contributed by atoms with Crippen LogP contribution in [0.4, 0.5) is 11.6 Å². The van der Waals surface area contributed by atoms with Crippen molar-refractivity contribution >= 4 is 29.1 Å². The van der Waals surface area contributed by atoms with Crippen molar-refractivity contribution in [2.45, 2.75) is 19.4 Å². The van der Waals surface area contributed by atoms with E-state index in [0.717, 1.165) is 44.7 Å². The van der Waals surface area contributed by atoms with Crippen molar-refractivity contribution in [1.29, 1.82) is 0 Å². The van der Waals surface area contributed by atoms with Gasteiger partial charge in [-0.15, -0.1) is 0 Å². The van der Waals surface area contributed by atoms with E-state index in [1.807, 2.05) is 30.1 Å². The zero-order valence-electron chi connectivity index (χ0n) is 17.0. The van der Waals surface area contributed by atoms with Crippen molar-refractivity contribution in [1.82, 2.24) is 20.8 Å². The fraction of sp³-hybridized carbons (Fsp3) is 0.381. The summed E-state index contributed by atoms with van der Waals surface area (Å²) in [6.07, 6.45) is 6.69. The number of anilines is 2. The van der Waals surface area contributed by atoms with E-state index < -0.39 is 5.91 Å². The number of aromatic nitrogens is 2. The zero-order chi connectivity index (χ0) is 21.5. The van der Waals surface area contributed by atoms with Crippen LogP contribution in [0.15, 0.2) is 43.4 Å². The SMILES string of the molecule is C=CN(C)c1cc(Cl)ccc1CNCC1CCN(c2ncc(C(=O)NO)cn2)CC1. The molecule has 0 unspecified atom stereocenters. The van der Waals surface area contributed by atoms with Gasteiger partial charge in [0.2, 0.25) is 5.95 Å². The highest BCUT2D eigenvalue weighted by atomic mass is 35.5. The van der Waals surface area contributed by atoms with Gasteiger partial charge in [0.05, 0.1) is 5.56 Å². The van der Waals surface area contributed by atoms with Crippen LogP contribution < -0.4 is 20.6 Å². The van der Waals surface area contributed by atoms with Crippen LogP contribution in [0.25, 0.3) is 0 Å². The summed E-state index contributed by atoms with van der Waals surface area (Å²) in [6.45, 7) is 7.26. The molecule has 0 spiro atoms. The molecule has 1 fully saturated rings. The third-order valence-corrected chi connectivity index (χ3v) is 5.58. The maximum absolute atomic E-state index is 11.4. The molecule has 3 rings (SSSR count). The standard InChI is InChI=1S/C21H27ClN6O2/c1-3-27(2)19-10-18(22)5-4-16(19)12-23-11-15-6-8-28(9-7-15)21-24-13-17(14-25-21)20(29)26-30/h3-5,10,13-15,23,30H,1,6-9,11-12H2,2H3,(H,26,29). The van der Waals surface area contributed by atoms with Gasteiger partial charge in [-0.1, -0.05) is 24.2 Å². The normalized spacial score (nSPS) is 14.4. The number of hydrogen-bond donors (Lipinski definition) is 3. The lowest BCUT2D eigenvalue weighted by atomic mass is 9.97. The molecule has 30 heavy (non-hydrogen) atoms. The van der Waals surface area contributed by atoms with E-state index in [9.17, 15) is 4.79 Å². The van der Waals surface area contributed by atoms with Crippen LogP contribution in [0.2, 0.25) is 5.02 Å². The van der Waals surface area contributed by atoms with E-state index >= 15 is 0 Å². The summed E-state index contributed by atoms with van der Waals surface area (Å²) < 4.78 is 0. The molecule has 1 aromatic heterocycles. The number of halogens is 1. The van der Waals surface area contributed by atoms with Gasteiger partial charge in [-0.3, -0.25) is 10.0 Å². The number of nitrogens with zero attached hydrogens (tertiary/aromatic N) is 4. The Labute approximate surface area is 181 Å². The van der Waals surface area contributed by atoms with Crippen LogP contribution in [0, 0.1) is 5.92 Å². The Hall–Kier alpha value is -2.68. The van der Waals surface area contributed by atoms with Crippen molar-refractivity contribution in [2.75, 3.05) is 36.5 Å². The van der Waals surface area contributed by atoms with E-state index in [4.69, 9.17) is 16.8 Å². The molecule has 1 amide bonds. The lowest BCUT2D eigenvalue weighted by Gasteiger charge is -2.32. The van der Waals surface area contributed by atoms with E-state index in [1.54, 1.807) is 11.7 Å². The number of amides is 1. The first-order valence-electron chi connectivity index (χ1n) is 9.87. The number of hydroxylamine groups is 1. The average Bonchev–Trinajstić information content (AvgIpc) is 2.79. The Morgan fingerprint density at radius 2 is 2.07 bits per heavy atom.